The summed E-state index contributed by atoms with van der Waals surface area (Å²) in [5, 5.41) is 6.26. The molecule has 0 atom stereocenters. The lowest BCUT2D eigenvalue weighted by Crippen LogP contribution is -2.19. The van der Waals surface area contributed by atoms with Crippen LogP contribution >= 0.6 is 0 Å². The van der Waals surface area contributed by atoms with Crippen LogP contribution in [0.15, 0.2) is 30.9 Å². The predicted octanol–water partition coefficient (Wildman–Crippen LogP) is 1.36. The maximum atomic E-state index is 13.4. The summed E-state index contributed by atoms with van der Waals surface area (Å²) in [5.74, 6) is -0.796. The van der Waals surface area contributed by atoms with Gasteiger partial charge in [-0.25, -0.2) is 14.1 Å². The number of carbonyl (C=O) groups excluding carboxylic acids is 1. The number of nitrogens with one attached hydrogen (secondary N) is 1. The number of amides is 1. The number of halogens is 1. The Kier molecular flexibility index (Phi) is 3.13. The van der Waals surface area contributed by atoms with Gasteiger partial charge in [0.2, 0.25) is 5.91 Å². The minimum Gasteiger partial charge on any atom is -0.322 e. The first-order valence-corrected chi connectivity index (χ1v) is 5.03. The highest BCUT2D eigenvalue weighted by Crippen LogP contribution is 2.15. The van der Waals surface area contributed by atoms with Crippen LogP contribution in [0.5, 0.6) is 0 Å². The Bertz CT molecular complexity index is 524. The zero-order valence-corrected chi connectivity index (χ0v) is 9.22. The molecule has 0 fully saturated rings. The summed E-state index contributed by atoms with van der Waals surface area (Å²) < 4.78 is 14.8. The number of anilines is 1. The van der Waals surface area contributed by atoms with E-state index in [0.717, 1.165) is 5.56 Å². The van der Waals surface area contributed by atoms with Crippen LogP contribution in [0.25, 0.3) is 0 Å². The normalized spacial score (nSPS) is 10.2. The van der Waals surface area contributed by atoms with Gasteiger partial charge in [0, 0.05) is 0 Å². The summed E-state index contributed by atoms with van der Waals surface area (Å²) in [4.78, 5) is 15.3. The molecule has 1 heterocycles. The molecule has 1 N–H and O–H groups in total. The van der Waals surface area contributed by atoms with E-state index in [1.54, 1.807) is 13.0 Å². The lowest BCUT2D eigenvalue weighted by Gasteiger charge is -2.06. The molecule has 0 saturated heterocycles. The van der Waals surface area contributed by atoms with Crippen molar-refractivity contribution in [2.75, 3.05) is 5.32 Å². The van der Waals surface area contributed by atoms with Crippen molar-refractivity contribution in [3.8, 4) is 0 Å². The maximum absolute atomic E-state index is 13.4. The summed E-state index contributed by atoms with van der Waals surface area (Å²) in [7, 11) is 0. The quantitative estimate of drug-likeness (QED) is 0.872. The number of aromatic nitrogens is 3. The smallest absolute Gasteiger partial charge is 0.246 e. The summed E-state index contributed by atoms with van der Waals surface area (Å²) in [5.41, 5.74) is 0.970. The van der Waals surface area contributed by atoms with Gasteiger partial charge in [-0.2, -0.15) is 5.10 Å². The van der Waals surface area contributed by atoms with Crippen molar-refractivity contribution < 1.29 is 9.18 Å². The minimum absolute atomic E-state index is 0.00726. The molecular weight excluding hydrogens is 223 g/mol. The van der Waals surface area contributed by atoms with Crippen LogP contribution in [0.2, 0.25) is 0 Å². The van der Waals surface area contributed by atoms with E-state index < -0.39 is 5.82 Å². The van der Waals surface area contributed by atoms with E-state index >= 15 is 0 Å². The lowest BCUT2D eigenvalue weighted by atomic mass is 10.2. The van der Waals surface area contributed by atoms with Gasteiger partial charge in [0.25, 0.3) is 0 Å². The van der Waals surface area contributed by atoms with Gasteiger partial charge in [0.15, 0.2) is 0 Å². The Morgan fingerprint density at radius 2 is 2.35 bits per heavy atom. The van der Waals surface area contributed by atoms with Crippen molar-refractivity contribution in [3.63, 3.8) is 0 Å². The molecular formula is C11H11FN4O. The predicted molar refractivity (Wildman–Crippen MR) is 59.8 cm³/mol. The maximum Gasteiger partial charge on any atom is 0.246 e. The molecule has 0 aliphatic carbocycles. The second kappa shape index (κ2) is 4.73. The number of carbonyl (C=O) groups is 1. The number of benzene rings is 1. The van der Waals surface area contributed by atoms with Crippen LogP contribution in [0.1, 0.15) is 5.56 Å². The molecule has 2 rings (SSSR count). The summed E-state index contributed by atoms with van der Waals surface area (Å²) in [6.07, 6.45) is 2.75. The van der Waals surface area contributed by atoms with Gasteiger partial charge in [-0.15, -0.1) is 0 Å². The highest BCUT2D eigenvalue weighted by Gasteiger charge is 2.07. The van der Waals surface area contributed by atoms with E-state index in [1.165, 1.54) is 29.5 Å². The van der Waals surface area contributed by atoms with Crippen LogP contribution in [-0.4, -0.2) is 20.7 Å². The van der Waals surface area contributed by atoms with Crippen molar-refractivity contribution in [2.45, 2.75) is 13.5 Å². The monoisotopic (exact) mass is 234 g/mol. The van der Waals surface area contributed by atoms with Gasteiger partial charge in [0.05, 0.1) is 5.69 Å². The molecule has 0 saturated carbocycles. The molecule has 2 aromatic rings. The van der Waals surface area contributed by atoms with Crippen molar-refractivity contribution in [3.05, 3.63) is 42.2 Å². The number of nitrogens with zero attached hydrogens (tertiary/aromatic N) is 3. The summed E-state index contributed by atoms with van der Waals surface area (Å²) >= 11 is 0. The average molecular weight is 234 g/mol. The molecule has 0 aliphatic heterocycles. The highest BCUT2D eigenvalue weighted by molar-refractivity contribution is 5.90. The van der Waals surface area contributed by atoms with Crippen LogP contribution in [0.4, 0.5) is 10.1 Å². The molecule has 1 aromatic carbocycles. The van der Waals surface area contributed by atoms with E-state index in [0.29, 0.717) is 0 Å². The van der Waals surface area contributed by atoms with Crippen LogP contribution in [0, 0.1) is 12.7 Å². The first-order valence-electron chi connectivity index (χ1n) is 5.03. The third-order valence-corrected chi connectivity index (χ3v) is 2.17. The van der Waals surface area contributed by atoms with E-state index in [-0.39, 0.29) is 18.1 Å². The van der Waals surface area contributed by atoms with Gasteiger partial charge < -0.3 is 5.32 Å². The molecule has 17 heavy (non-hydrogen) atoms. The summed E-state index contributed by atoms with van der Waals surface area (Å²) in [6.45, 7) is 1.79. The van der Waals surface area contributed by atoms with Crippen molar-refractivity contribution in [2.24, 2.45) is 0 Å². The molecule has 0 aliphatic rings. The Hall–Kier alpha value is -2.24. The molecule has 5 nitrogen and oxygen atoms in total. The second-order valence-corrected chi connectivity index (χ2v) is 3.62. The number of rotatable bonds is 3. The number of aryl methyl sites for hydroxylation is 1. The van der Waals surface area contributed by atoms with Gasteiger partial charge in [-0.3, -0.25) is 4.79 Å². The van der Waals surface area contributed by atoms with E-state index in [4.69, 9.17) is 0 Å². The fraction of sp³-hybridized carbons (Fsp3) is 0.182. The lowest BCUT2D eigenvalue weighted by molar-refractivity contribution is -0.116. The SMILES string of the molecule is Cc1ccc(NC(=O)Cn2cncn2)c(F)c1. The molecule has 0 bridgehead atoms. The Morgan fingerprint density at radius 1 is 1.53 bits per heavy atom. The van der Waals surface area contributed by atoms with Crippen molar-refractivity contribution >= 4 is 11.6 Å². The Labute approximate surface area is 97.3 Å². The third-order valence-electron chi connectivity index (χ3n) is 2.17. The van der Waals surface area contributed by atoms with Crippen molar-refractivity contribution in [1.82, 2.24) is 14.8 Å². The highest BCUT2D eigenvalue weighted by atomic mass is 19.1. The topological polar surface area (TPSA) is 59.8 Å². The molecule has 1 aromatic heterocycles. The van der Waals surface area contributed by atoms with Gasteiger partial charge >= 0.3 is 0 Å². The number of hydrogen-bond acceptors (Lipinski definition) is 3. The van der Waals surface area contributed by atoms with Gasteiger partial charge in [-0.05, 0) is 24.6 Å². The minimum atomic E-state index is -0.447. The summed E-state index contributed by atoms with van der Waals surface area (Å²) in [6, 6.07) is 4.63. The second-order valence-electron chi connectivity index (χ2n) is 3.62. The molecule has 0 radical (unpaired) electrons. The zero-order chi connectivity index (χ0) is 12.3. The van der Waals surface area contributed by atoms with Crippen LogP contribution in [0.3, 0.4) is 0 Å². The van der Waals surface area contributed by atoms with E-state index in [1.807, 2.05) is 0 Å². The zero-order valence-electron chi connectivity index (χ0n) is 9.22. The molecule has 1 amide bonds. The van der Waals surface area contributed by atoms with Gasteiger partial charge in [-0.1, -0.05) is 6.07 Å². The largest absolute Gasteiger partial charge is 0.322 e. The Morgan fingerprint density at radius 3 is 3.00 bits per heavy atom. The van der Waals surface area contributed by atoms with E-state index in [9.17, 15) is 9.18 Å². The Balaban J connectivity index is 2.03. The average Bonchev–Trinajstić information content (AvgIpc) is 2.75. The third kappa shape index (κ3) is 2.87. The first kappa shape index (κ1) is 11.3. The van der Waals surface area contributed by atoms with E-state index in [2.05, 4.69) is 15.4 Å². The van der Waals surface area contributed by atoms with Crippen LogP contribution < -0.4 is 5.32 Å². The fourth-order valence-electron chi connectivity index (χ4n) is 1.37. The first-order chi connectivity index (χ1) is 8.15. The fourth-order valence-corrected chi connectivity index (χ4v) is 1.37. The molecule has 0 spiro atoms. The molecule has 6 heteroatoms. The van der Waals surface area contributed by atoms with Gasteiger partial charge in [0.1, 0.15) is 25.0 Å². The molecule has 0 unspecified atom stereocenters. The molecule has 88 valence electrons. The standard InChI is InChI=1S/C11H11FN4O/c1-8-2-3-10(9(12)4-8)15-11(17)5-16-7-13-6-14-16/h2-4,6-7H,5H2,1H3,(H,15,17). The number of hydrogen-bond donors (Lipinski definition) is 1. The van der Waals surface area contributed by atoms with Crippen molar-refractivity contribution in [1.29, 1.82) is 0 Å². The van der Waals surface area contributed by atoms with Crippen LogP contribution in [-0.2, 0) is 11.3 Å².